The van der Waals surface area contributed by atoms with E-state index in [9.17, 15) is 22.8 Å². The average molecular weight is 715 g/mol. The molecule has 1 unspecified atom stereocenters. The van der Waals surface area contributed by atoms with Gasteiger partial charge in [-0.25, -0.2) is 0 Å². The molecule has 51 heavy (non-hydrogen) atoms. The zero-order valence-electron chi connectivity index (χ0n) is 29.1. The molecule has 14 heteroatoms. The number of ether oxygens (including phenoxy) is 7. The van der Waals surface area contributed by atoms with Crippen molar-refractivity contribution in [2.45, 2.75) is 24.9 Å². The number of hydrogen-bond acceptors (Lipinski definition) is 10. The Morgan fingerprint density at radius 3 is 2.04 bits per heavy atom. The van der Waals surface area contributed by atoms with Crippen LogP contribution in [0.15, 0.2) is 54.3 Å². The lowest BCUT2D eigenvalue weighted by Gasteiger charge is -2.35. The standard InChI is InChI=1S/C37H41F3N2O9/c1-45-26-20-28(46-2)32-27(22-43)34(33(51-29(32)21-26)24-18-30(47-3)35(49-5)31(19-24)48-4)50-17-7-6-12-41-13-15-42(16-14-41)36(44)23-8-10-25(11-9-23)37(38,39)40/h8-11,18-22,27H,6-7,12-17H2,1-5H3. The average Bonchev–Trinajstić information content (AvgIpc) is 3.15. The number of carbonyl (C=O) groups is 2. The van der Waals surface area contributed by atoms with Gasteiger partial charge in [0.15, 0.2) is 23.0 Å². The zero-order valence-corrected chi connectivity index (χ0v) is 29.1. The van der Waals surface area contributed by atoms with E-state index in [4.69, 9.17) is 33.2 Å². The summed E-state index contributed by atoms with van der Waals surface area (Å²) < 4.78 is 79.3. The van der Waals surface area contributed by atoms with Gasteiger partial charge in [0.05, 0.1) is 53.3 Å². The van der Waals surface area contributed by atoms with Gasteiger partial charge in [-0.1, -0.05) is 0 Å². The Morgan fingerprint density at radius 2 is 1.49 bits per heavy atom. The summed E-state index contributed by atoms with van der Waals surface area (Å²) in [5, 5.41) is 0. The van der Waals surface area contributed by atoms with E-state index in [1.807, 2.05) is 0 Å². The fraction of sp³-hybridized carbons (Fsp3) is 0.405. The van der Waals surface area contributed by atoms with Crippen molar-refractivity contribution in [3.63, 3.8) is 0 Å². The Hall–Kier alpha value is -5.11. The molecule has 3 aromatic carbocycles. The van der Waals surface area contributed by atoms with Crippen LogP contribution < -0.4 is 28.4 Å². The smallest absolute Gasteiger partial charge is 0.416 e. The number of benzene rings is 3. The number of piperazine rings is 1. The first-order valence-corrected chi connectivity index (χ1v) is 16.3. The SMILES string of the molecule is COc1cc(OC)c2c(c1)OC(c1cc(OC)c(OC)c(OC)c1)=C(OCCCCN1CCN(C(=O)c3ccc(C(F)(F)F)cc3)CC1)C2C=O. The summed E-state index contributed by atoms with van der Waals surface area (Å²) in [5.74, 6) is 1.87. The molecule has 0 aromatic heterocycles. The molecule has 0 N–H and O–H groups in total. The number of methoxy groups -OCH3 is 5. The molecule has 1 atom stereocenters. The van der Waals surface area contributed by atoms with Crippen LogP contribution in [-0.2, 0) is 15.7 Å². The van der Waals surface area contributed by atoms with E-state index in [1.165, 1.54) is 47.7 Å². The highest BCUT2D eigenvalue weighted by Crippen LogP contribution is 2.50. The molecule has 0 radical (unpaired) electrons. The summed E-state index contributed by atoms with van der Waals surface area (Å²) in [6.07, 6.45) is -2.25. The third kappa shape index (κ3) is 8.11. The summed E-state index contributed by atoms with van der Waals surface area (Å²) in [5.41, 5.74) is 0.476. The van der Waals surface area contributed by atoms with Gasteiger partial charge in [-0.2, -0.15) is 13.2 Å². The molecular formula is C37H41F3N2O9. The highest BCUT2D eigenvalue weighted by molar-refractivity contribution is 5.94. The van der Waals surface area contributed by atoms with Crippen molar-refractivity contribution < 1.29 is 55.9 Å². The van der Waals surface area contributed by atoms with Gasteiger partial charge in [0.2, 0.25) is 5.75 Å². The minimum Gasteiger partial charge on any atom is -0.496 e. The van der Waals surface area contributed by atoms with E-state index in [2.05, 4.69) is 4.90 Å². The van der Waals surface area contributed by atoms with Crippen molar-refractivity contribution in [2.24, 2.45) is 0 Å². The van der Waals surface area contributed by atoms with Crippen LogP contribution in [0, 0.1) is 0 Å². The number of alkyl halides is 3. The van der Waals surface area contributed by atoms with E-state index in [0.29, 0.717) is 89.7 Å². The maximum absolute atomic E-state index is 12.9. The van der Waals surface area contributed by atoms with Crippen molar-refractivity contribution in [3.05, 3.63) is 76.5 Å². The predicted octanol–water partition coefficient (Wildman–Crippen LogP) is 6.05. The lowest BCUT2D eigenvalue weighted by Crippen LogP contribution is -2.48. The second-order valence-electron chi connectivity index (χ2n) is 11.8. The number of allylic oxidation sites excluding steroid dienone is 1. The van der Waals surface area contributed by atoms with Crippen LogP contribution in [0.3, 0.4) is 0 Å². The number of fused-ring (bicyclic) bond motifs is 1. The molecule has 274 valence electrons. The molecule has 2 aliphatic heterocycles. The first-order chi connectivity index (χ1) is 24.6. The van der Waals surface area contributed by atoms with E-state index in [0.717, 1.165) is 31.4 Å². The number of carbonyl (C=O) groups excluding carboxylic acids is 2. The quantitative estimate of drug-likeness (QED) is 0.145. The van der Waals surface area contributed by atoms with Crippen LogP contribution >= 0.6 is 0 Å². The zero-order chi connectivity index (χ0) is 36.7. The number of halogens is 3. The maximum atomic E-state index is 12.9. The number of aldehydes is 1. The van der Waals surface area contributed by atoms with Gasteiger partial charge in [-0.3, -0.25) is 9.69 Å². The third-order valence-corrected chi connectivity index (χ3v) is 8.87. The van der Waals surface area contributed by atoms with Gasteiger partial charge in [-0.05, 0) is 55.8 Å². The van der Waals surface area contributed by atoms with E-state index in [-0.39, 0.29) is 18.1 Å². The predicted molar refractivity (Wildman–Crippen MR) is 181 cm³/mol. The first kappa shape index (κ1) is 37.2. The van der Waals surface area contributed by atoms with Crippen LogP contribution in [0.5, 0.6) is 34.5 Å². The van der Waals surface area contributed by atoms with Gasteiger partial charge in [0.1, 0.15) is 29.5 Å². The van der Waals surface area contributed by atoms with E-state index >= 15 is 0 Å². The molecule has 2 heterocycles. The lowest BCUT2D eigenvalue weighted by atomic mass is 9.91. The van der Waals surface area contributed by atoms with Crippen molar-refractivity contribution in [3.8, 4) is 34.5 Å². The van der Waals surface area contributed by atoms with Gasteiger partial charge < -0.3 is 42.9 Å². The van der Waals surface area contributed by atoms with Crippen molar-refractivity contribution >= 4 is 18.0 Å². The molecule has 0 saturated carbocycles. The monoisotopic (exact) mass is 714 g/mol. The number of amides is 1. The van der Waals surface area contributed by atoms with Gasteiger partial charge >= 0.3 is 6.18 Å². The summed E-state index contributed by atoms with van der Waals surface area (Å²) in [4.78, 5) is 29.6. The molecule has 3 aromatic rings. The number of rotatable bonds is 14. The second-order valence-corrected chi connectivity index (χ2v) is 11.8. The molecule has 0 spiro atoms. The molecule has 2 aliphatic rings. The second kappa shape index (κ2) is 16.3. The van der Waals surface area contributed by atoms with Crippen LogP contribution in [0.25, 0.3) is 5.76 Å². The summed E-state index contributed by atoms with van der Waals surface area (Å²) in [6, 6.07) is 11.1. The Bertz CT molecular complexity index is 1710. The normalized spacial score (nSPS) is 16.2. The Balaban J connectivity index is 1.27. The lowest BCUT2D eigenvalue weighted by molar-refractivity contribution is -0.137. The van der Waals surface area contributed by atoms with Crippen LogP contribution in [0.2, 0.25) is 0 Å². The molecular weight excluding hydrogens is 673 g/mol. The Morgan fingerprint density at radius 1 is 0.843 bits per heavy atom. The summed E-state index contributed by atoms with van der Waals surface area (Å²) in [6.45, 7) is 3.21. The maximum Gasteiger partial charge on any atom is 0.416 e. The number of nitrogens with zero attached hydrogens (tertiary/aromatic N) is 2. The highest BCUT2D eigenvalue weighted by atomic mass is 19.4. The van der Waals surface area contributed by atoms with Crippen LogP contribution in [0.1, 0.15) is 45.8 Å². The topological polar surface area (TPSA) is 105 Å². The van der Waals surface area contributed by atoms with Crippen molar-refractivity contribution in [1.29, 1.82) is 0 Å². The molecule has 0 bridgehead atoms. The summed E-state index contributed by atoms with van der Waals surface area (Å²) in [7, 11) is 7.54. The number of hydrogen-bond donors (Lipinski definition) is 0. The molecule has 5 rings (SSSR count). The van der Waals surface area contributed by atoms with Gasteiger partial charge in [-0.15, -0.1) is 0 Å². The fourth-order valence-corrected chi connectivity index (χ4v) is 6.16. The molecule has 1 fully saturated rings. The first-order valence-electron chi connectivity index (χ1n) is 16.3. The summed E-state index contributed by atoms with van der Waals surface area (Å²) >= 11 is 0. The minimum atomic E-state index is -4.45. The molecule has 1 saturated heterocycles. The molecule has 1 amide bonds. The van der Waals surface area contributed by atoms with Crippen molar-refractivity contribution in [1.82, 2.24) is 9.80 Å². The molecule has 0 aliphatic carbocycles. The Kier molecular flexibility index (Phi) is 11.9. The highest BCUT2D eigenvalue weighted by Gasteiger charge is 2.36. The molecule has 11 nitrogen and oxygen atoms in total. The number of unbranched alkanes of at least 4 members (excludes halogenated alkanes) is 1. The van der Waals surface area contributed by atoms with Crippen molar-refractivity contribution in [2.75, 3.05) is 74.9 Å². The Labute approximate surface area is 294 Å². The van der Waals surface area contributed by atoms with Gasteiger partial charge in [0.25, 0.3) is 5.91 Å². The minimum absolute atomic E-state index is 0.230. The van der Waals surface area contributed by atoms with E-state index < -0.39 is 17.7 Å². The van der Waals surface area contributed by atoms with E-state index in [1.54, 1.807) is 29.2 Å². The van der Waals surface area contributed by atoms with Crippen LogP contribution in [-0.4, -0.2) is 96.9 Å². The third-order valence-electron chi connectivity index (χ3n) is 8.87. The largest absolute Gasteiger partial charge is 0.496 e. The fourth-order valence-electron chi connectivity index (χ4n) is 6.16. The van der Waals surface area contributed by atoms with Crippen LogP contribution in [0.4, 0.5) is 13.2 Å². The van der Waals surface area contributed by atoms with Gasteiger partial charge in [0, 0.05) is 49.4 Å².